The van der Waals surface area contributed by atoms with E-state index in [1.807, 2.05) is 6.92 Å². The first-order valence-corrected chi connectivity index (χ1v) is 13.7. The number of thiophene rings is 1. The largest absolute Gasteiger partial charge is 0.365 e. The van der Waals surface area contributed by atoms with Gasteiger partial charge in [-0.2, -0.15) is 4.31 Å². The Morgan fingerprint density at radius 3 is 2.61 bits per heavy atom. The highest BCUT2D eigenvalue weighted by atomic mass is 32.2. The average molecular weight is 492 g/mol. The Labute approximate surface area is 198 Å². The minimum Gasteiger partial charge on any atom is -0.365 e. The number of quaternary nitrogens is 1. The number of fused-ring (bicyclic) bond motifs is 1. The predicted molar refractivity (Wildman–Crippen MR) is 128 cm³/mol. The van der Waals surface area contributed by atoms with Gasteiger partial charge in [0.05, 0.1) is 28.4 Å². The van der Waals surface area contributed by atoms with Crippen LogP contribution in [0.4, 0.5) is 5.00 Å². The molecule has 0 saturated carbocycles. The van der Waals surface area contributed by atoms with Crippen molar-refractivity contribution in [2.45, 2.75) is 57.0 Å². The summed E-state index contributed by atoms with van der Waals surface area (Å²) in [7, 11) is -3.60. The van der Waals surface area contributed by atoms with Gasteiger partial charge in [0, 0.05) is 24.6 Å². The maximum Gasteiger partial charge on any atom is 0.256 e. The molecule has 1 saturated heterocycles. The first kappa shape index (κ1) is 23.9. The molecule has 2 aliphatic rings. The molecule has 2 aromatic rings. The van der Waals surface area contributed by atoms with Crippen molar-refractivity contribution >= 4 is 38.2 Å². The lowest BCUT2D eigenvalue weighted by Gasteiger charge is -2.32. The van der Waals surface area contributed by atoms with E-state index in [1.54, 1.807) is 4.31 Å². The molecule has 8 nitrogen and oxygen atoms in total. The molecular weight excluding hydrogens is 460 g/mol. The van der Waals surface area contributed by atoms with Gasteiger partial charge < -0.3 is 16.0 Å². The SMILES string of the molecule is CC[NH+]1CCc2c(sc(NC(=O)c3ccc(S(=O)(=O)N4CCCCC4C)cc3)c2C(N)=O)C1. The summed E-state index contributed by atoms with van der Waals surface area (Å²) in [6.07, 6.45) is 3.49. The lowest BCUT2D eigenvalue weighted by molar-refractivity contribution is -0.913. The van der Waals surface area contributed by atoms with E-state index in [2.05, 4.69) is 12.2 Å². The normalized spacial score (nSPS) is 21.4. The predicted octanol–water partition coefficient (Wildman–Crippen LogP) is 1.62. The Morgan fingerprint density at radius 2 is 1.97 bits per heavy atom. The number of nitrogens with two attached hydrogens (primary N) is 1. The van der Waals surface area contributed by atoms with Crippen molar-refractivity contribution in [1.29, 1.82) is 0 Å². The molecule has 2 amide bonds. The first-order valence-electron chi connectivity index (χ1n) is 11.4. The fraction of sp³-hybridized carbons (Fsp3) is 0.478. The van der Waals surface area contributed by atoms with E-state index < -0.39 is 21.8 Å². The van der Waals surface area contributed by atoms with Crippen LogP contribution in [0.25, 0.3) is 0 Å². The summed E-state index contributed by atoms with van der Waals surface area (Å²) in [6.45, 7) is 7.31. The lowest BCUT2D eigenvalue weighted by atomic mass is 10.0. The van der Waals surface area contributed by atoms with E-state index in [0.29, 0.717) is 22.7 Å². The number of benzene rings is 1. The number of sulfonamides is 1. The van der Waals surface area contributed by atoms with Crippen molar-refractivity contribution in [2.75, 3.05) is 25.0 Å². The summed E-state index contributed by atoms with van der Waals surface area (Å²) in [5.74, 6) is -0.939. The van der Waals surface area contributed by atoms with Crippen LogP contribution in [0.5, 0.6) is 0 Å². The molecule has 4 N–H and O–H groups in total. The van der Waals surface area contributed by atoms with E-state index in [1.165, 1.54) is 40.5 Å². The van der Waals surface area contributed by atoms with E-state index in [0.717, 1.165) is 55.8 Å². The molecule has 4 rings (SSSR count). The van der Waals surface area contributed by atoms with Crippen LogP contribution < -0.4 is 16.0 Å². The van der Waals surface area contributed by atoms with Crippen molar-refractivity contribution in [3.63, 3.8) is 0 Å². The number of carbonyl (C=O) groups is 2. The van der Waals surface area contributed by atoms with Crippen LogP contribution >= 0.6 is 11.3 Å². The van der Waals surface area contributed by atoms with Gasteiger partial charge in [0.15, 0.2) is 0 Å². The van der Waals surface area contributed by atoms with E-state index in [4.69, 9.17) is 5.73 Å². The van der Waals surface area contributed by atoms with Gasteiger partial charge in [0.2, 0.25) is 10.0 Å². The molecular formula is C23H31N4O4S2+. The number of hydrogen-bond donors (Lipinski definition) is 3. The highest BCUT2D eigenvalue weighted by Gasteiger charge is 2.32. The molecule has 0 radical (unpaired) electrons. The Hall–Kier alpha value is -2.27. The molecule has 10 heteroatoms. The van der Waals surface area contributed by atoms with Crippen molar-refractivity contribution in [1.82, 2.24) is 4.31 Å². The maximum absolute atomic E-state index is 13.0. The van der Waals surface area contributed by atoms with Crippen LogP contribution in [-0.4, -0.2) is 50.2 Å². The Balaban J connectivity index is 1.54. The fourth-order valence-corrected chi connectivity index (χ4v) is 7.72. The summed E-state index contributed by atoms with van der Waals surface area (Å²) < 4.78 is 27.6. The zero-order valence-electron chi connectivity index (χ0n) is 19.0. The van der Waals surface area contributed by atoms with Crippen molar-refractivity contribution in [3.8, 4) is 0 Å². The minimum absolute atomic E-state index is 0.0331. The van der Waals surface area contributed by atoms with Gasteiger partial charge in [0.1, 0.15) is 11.5 Å². The highest BCUT2D eigenvalue weighted by molar-refractivity contribution is 7.89. The van der Waals surface area contributed by atoms with Gasteiger partial charge >= 0.3 is 0 Å². The van der Waals surface area contributed by atoms with E-state index in [9.17, 15) is 18.0 Å². The van der Waals surface area contributed by atoms with Crippen LogP contribution in [-0.2, 0) is 23.0 Å². The Bertz CT molecular complexity index is 1160. The molecule has 0 spiro atoms. The highest BCUT2D eigenvalue weighted by Crippen LogP contribution is 2.35. The number of nitrogens with zero attached hydrogens (tertiary/aromatic N) is 1. The lowest BCUT2D eigenvalue weighted by Crippen LogP contribution is -3.11. The summed E-state index contributed by atoms with van der Waals surface area (Å²) in [5.41, 5.74) is 7.32. The summed E-state index contributed by atoms with van der Waals surface area (Å²) in [5, 5.41) is 3.30. The molecule has 0 aliphatic carbocycles. The molecule has 3 heterocycles. The second kappa shape index (κ2) is 9.54. The molecule has 2 unspecified atom stereocenters. The standard InChI is InChI=1S/C23H30N4O4S2/c1-3-26-13-11-18-19(14-26)32-23(20(18)21(24)28)25-22(29)16-7-9-17(10-8-16)33(30,31)27-12-5-4-6-15(27)2/h7-10,15H,3-6,11-14H2,1-2H3,(H2,24,28)(H,25,29)/p+1. The molecule has 2 atom stereocenters. The van der Waals surface area contributed by atoms with Gasteiger partial charge in [-0.3, -0.25) is 9.59 Å². The Morgan fingerprint density at radius 1 is 1.24 bits per heavy atom. The molecule has 33 heavy (non-hydrogen) atoms. The molecule has 1 aromatic heterocycles. The second-order valence-corrected chi connectivity index (χ2v) is 11.8. The van der Waals surface area contributed by atoms with Gasteiger partial charge in [-0.25, -0.2) is 8.42 Å². The van der Waals surface area contributed by atoms with Crippen molar-refractivity contribution < 1.29 is 22.9 Å². The molecule has 2 aliphatic heterocycles. The van der Waals surface area contributed by atoms with Crippen molar-refractivity contribution in [3.05, 3.63) is 45.8 Å². The van der Waals surface area contributed by atoms with Gasteiger partial charge in [-0.15, -0.1) is 11.3 Å². The van der Waals surface area contributed by atoms with E-state index >= 15 is 0 Å². The number of nitrogens with one attached hydrogen (secondary N) is 2. The number of rotatable bonds is 6. The minimum atomic E-state index is -3.60. The van der Waals surface area contributed by atoms with Gasteiger partial charge in [-0.05, 0) is 56.5 Å². The Kier molecular flexibility index (Phi) is 6.90. The van der Waals surface area contributed by atoms with E-state index in [-0.39, 0.29) is 10.9 Å². The van der Waals surface area contributed by atoms with Gasteiger partial charge in [-0.1, -0.05) is 6.42 Å². The van der Waals surface area contributed by atoms with Crippen LogP contribution in [0, 0.1) is 0 Å². The summed E-state index contributed by atoms with van der Waals surface area (Å²) >= 11 is 1.40. The average Bonchev–Trinajstić information content (AvgIpc) is 3.16. The van der Waals surface area contributed by atoms with Crippen molar-refractivity contribution in [2.24, 2.45) is 5.73 Å². The zero-order valence-corrected chi connectivity index (χ0v) is 20.7. The third kappa shape index (κ3) is 4.70. The number of piperidine rings is 1. The number of carbonyl (C=O) groups excluding carboxylic acids is 2. The quantitative estimate of drug-likeness (QED) is 0.570. The molecule has 1 fully saturated rings. The number of primary amides is 1. The number of anilines is 1. The third-order valence-electron chi connectivity index (χ3n) is 6.67. The second-order valence-electron chi connectivity index (χ2n) is 8.79. The summed E-state index contributed by atoms with van der Waals surface area (Å²) in [6, 6.07) is 5.94. The van der Waals surface area contributed by atoms with Crippen LogP contribution in [0.3, 0.4) is 0 Å². The first-order chi connectivity index (χ1) is 15.7. The number of hydrogen-bond acceptors (Lipinski definition) is 5. The maximum atomic E-state index is 13.0. The van der Waals surface area contributed by atoms with Crippen LogP contribution in [0.15, 0.2) is 29.2 Å². The van der Waals surface area contributed by atoms with Crippen LogP contribution in [0.1, 0.15) is 64.3 Å². The number of likely N-dealkylation sites (N-methyl/N-ethyl adjacent to an activating group) is 1. The fourth-order valence-electron chi connectivity index (χ4n) is 4.70. The third-order valence-corrected chi connectivity index (χ3v) is 9.84. The smallest absolute Gasteiger partial charge is 0.256 e. The topological polar surface area (TPSA) is 114 Å². The monoisotopic (exact) mass is 491 g/mol. The van der Waals surface area contributed by atoms with Gasteiger partial charge in [0.25, 0.3) is 11.8 Å². The zero-order chi connectivity index (χ0) is 23.8. The molecule has 1 aromatic carbocycles. The molecule has 178 valence electrons. The molecule has 0 bridgehead atoms. The van der Waals surface area contributed by atoms with Crippen LogP contribution in [0.2, 0.25) is 0 Å². The summed E-state index contributed by atoms with van der Waals surface area (Å²) in [4.78, 5) is 27.8. The number of amides is 2.